The van der Waals surface area contributed by atoms with E-state index in [-0.39, 0.29) is 30.4 Å². The lowest BCUT2D eigenvalue weighted by molar-refractivity contribution is -0.139. The quantitative estimate of drug-likeness (QED) is 0.753. The number of urea groups is 1. The first-order valence-corrected chi connectivity index (χ1v) is 9.28. The third-order valence-electron chi connectivity index (χ3n) is 5.32. The molecule has 3 rings (SSSR count). The van der Waals surface area contributed by atoms with Crippen molar-refractivity contribution in [3.63, 3.8) is 0 Å². The summed E-state index contributed by atoms with van der Waals surface area (Å²) < 4.78 is 0. The Labute approximate surface area is 161 Å². The molecule has 3 amide bonds. The maximum absolute atomic E-state index is 12.7. The van der Waals surface area contributed by atoms with E-state index in [1.165, 1.54) is 6.42 Å². The van der Waals surface area contributed by atoms with E-state index in [4.69, 9.17) is 5.73 Å². The molecule has 1 aliphatic heterocycles. The van der Waals surface area contributed by atoms with Gasteiger partial charge in [0.1, 0.15) is 0 Å². The zero-order chi connectivity index (χ0) is 17.7. The van der Waals surface area contributed by atoms with Crippen molar-refractivity contribution in [2.24, 2.45) is 5.73 Å². The number of nitrogens with two attached hydrogens (primary N) is 1. The predicted molar refractivity (Wildman–Crippen MR) is 105 cm³/mol. The van der Waals surface area contributed by atoms with Crippen LogP contribution in [0.1, 0.15) is 44.9 Å². The van der Waals surface area contributed by atoms with E-state index in [1.54, 1.807) is 0 Å². The highest BCUT2D eigenvalue weighted by molar-refractivity contribution is 5.89. The molecule has 0 bridgehead atoms. The number of anilines is 1. The molecule has 1 saturated heterocycles. The fourth-order valence-electron chi connectivity index (χ4n) is 3.81. The third-order valence-corrected chi connectivity index (χ3v) is 5.32. The summed E-state index contributed by atoms with van der Waals surface area (Å²) in [7, 11) is 0. The van der Waals surface area contributed by atoms with Gasteiger partial charge in [-0.2, -0.15) is 0 Å². The molecule has 2 aliphatic rings. The molecule has 6 nitrogen and oxygen atoms in total. The minimum Gasteiger partial charge on any atom is -0.341 e. The lowest BCUT2D eigenvalue weighted by Crippen LogP contribution is -2.58. The number of nitrogens with one attached hydrogen (secondary N) is 2. The van der Waals surface area contributed by atoms with Crippen LogP contribution >= 0.6 is 12.4 Å². The van der Waals surface area contributed by atoms with Crippen LogP contribution in [0.15, 0.2) is 30.3 Å². The summed E-state index contributed by atoms with van der Waals surface area (Å²) in [5.74, 6) is 0.0967. The Morgan fingerprint density at radius 1 is 1.04 bits per heavy atom. The topological polar surface area (TPSA) is 87.5 Å². The van der Waals surface area contributed by atoms with Crippen molar-refractivity contribution in [3.05, 3.63) is 30.3 Å². The largest absolute Gasteiger partial charge is 0.341 e. The van der Waals surface area contributed by atoms with Gasteiger partial charge in [0.15, 0.2) is 0 Å². The monoisotopic (exact) mass is 380 g/mol. The number of nitrogens with zero attached hydrogens (tertiary/aromatic N) is 1. The number of carbonyl (C=O) groups is 2. The maximum Gasteiger partial charge on any atom is 0.319 e. The molecule has 26 heavy (non-hydrogen) atoms. The predicted octanol–water partition coefficient (Wildman–Crippen LogP) is 2.88. The highest BCUT2D eigenvalue weighted by Crippen LogP contribution is 2.28. The SMILES string of the molecule is Cl.NC1(C(=O)N2CCC(NC(=O)Nc3ccccc3)CC2)CCCCC1. The molecule has 7 heteroatoms. The minimum absolute atomic E-state index is 0. The van der Waals surface area contributed by atoms with Crippen LogP contribution in [0.2, 0.25) is 0 Å². The number of piperidine rings is 1. The number of hydrogen-bond acceptors (Lipinski definition) is 3. The fourth-order valence-corrected chi connectivity index (χ4v) is 3.81. The lowest BCUT2D eigenvalue weighted by Gasteiger charge is -2.40. The first-order valence-electron chi connectivity index (χ1n) is 9.28. The molecule has 144 valence electrons. The Morgan fingerprint density at radius 3 is 2.27 bits per heavy atom. The third kappa shape index (κ3) is 5.11. The molecule has 1 saturated carbocycles. The molecule has 0 radical (unpaired) electrons. The molecular weight excluding hydrogens is 352 g/mol. The molecule has 1 aromatic carbocycles. The van der Waals surface area contributed by atoms with Crippen molar-refractivity contribution < 1.29 is 9.59 Å². The smallest absolute Gasteiger partial charge is 0.319 e. The van der Waals surface area contributed by atoms with Crippen LogP contribution in [-0.4, -0.2) is 41.5 Å². The van der Waals surface area contributed by atoms with Crippen molar-refractivity contribution in [2.75, 3.05) is 18.4 Å². The van der Waals surface area contributed by atoms with Crippen LogP contribution in [-0.2, 0) is 4.79 Å². The number of halogens is 1. The van der Waals surface area contributed by atoms with Crippen LogP contribution < -0.4 is 16.4 Å². The molecule has 0 spiro atoms. The number of para-hydroxylation sites is 1. The van der Waals surface area contributed by atoms with Crippen molar-refractivity contribution in [2.45, 2.75) is 56.5 Å². The molecule has 0 unspecified atom stereocenters. The van der Waals surface area contributed by atoms with Gasteiger partial charge >= 0.3 is 6.03 Å². The van der Waals surface area contributed by atoms with Gasteiger partial charge < -0.3 is 21.3 Å². The molecule has 1 heterocycles. The number of carbonyl (C=O) groups excluding carboxylic acids is 2. The summed E-state index contributed by atoms with van der Waals surface area (Å²) in [4.78, 5) is 26.7. The van der Waals surface area contributed by atoms with Crippen molar-refractivity contribution in [1.82, 2.24) is 10.2 Å². The number of amides is 3. The second kappa shape index (κ2) is 9.24. The van der Waals surface area contributed by atoms with E-state index in [0.29, 0.717) is 13.1 Å². The normalized spacial score (nSPS) is 20.0. The van der Waals surface area contributed by atoms with Gasteiger partial charge in [-0.1, -0.05) is 37.5 Å². The Morgan fingerprint density at radius 2 is 1.65 bits per heavy atom. The van der Waals surface area contributed by atoms with E-state index in [2.05, 4.69) is 10.6 Å². The summed E-state index contributed by atoms with van der Waals surface area (Å²) in [6.45, 7) is 1.32. The Balaban J connectivity index is 0.00000243. The summed E-state index contributed by atoms with van der Waals surface area (Å²) in [6.07, 6.45) is 6.38. The first kappa shape index (κ1) is 20.5. The molecule has 0 aromatic heterocycles. The highest BCUT2D eigenvalue weighted by Gasteiger charge is 2.39. The standard InChI is InChI=1S/C19H28N4O2.ClH/c20-19(11-5-2-6-12-19)17(24)23-13-9-16(10-14-23)22-18(25)21-15-7-3-1-4-8-15;/h1,3-4,7-8,16H,2,5-6,9-14,20H2,(H2,21,22,25);1H. The average Bonchev–Trinajstić information content (AvgIpc) is 2.63. The molecular formula is C19H29ClN4O2. The van der Waals surface area contributed by atoms with Gasteiger partial charge in [-0.3, -0.25) is 4.79 Å². The second-order valence-corrected chi connectivity index (χ2v) is 7.25. The number of benzene rings is 1. The van der Waals surface area contributed by atoms with Crippen molar-refractivity contribution in [3.8, 4) is 0 Å². The van der Waals surface area contributed by atoms with Crippen LogP contribution in [0.5, 0.6) is 0 Å². The van der Waals surface area contributed by atoms with Crippen LogP contribution in [0.4, 0.5) is 10.5 Å². The van der Waals surface area contributed by atoms with Gasteiger partial charge in [0.2, 0.25) is 5.91 Å². The Kier molecular flexibility index (Phi) is 7.29. The minimum atomic E-state index is -0.663. The highest BCUT2D eigenvalue weighted by atomic mass is 35.5. The Hall–Kier alpha value is -1.79. The molecule has 0 atom stereocenters. The van der Waals surface area contributed by atoms with Gasteiger partial charge in [-0.25, -0.2) is 4.79 Å². The molecule has 1 aromatic rings. The Bertz CT molecular complexity index is 597. The molecule has 4 N–H and O–H groups in total. The average molecular weight is 381 g/mol. The second-order valence-electron chi connectivity index (χ2n) is 7.25. The van der Waals surface area contributed by atoms with Crippen LogP contribution in [0.3, 0.4) is 0 Å². The summed E-state index contributed by atoms with van der Waals surface area (Å²) in [6, 6.07) is 9.27. The zero-order valence-electron chi connectivity index (χ0n) is 15.1. The molecule has 1 aliphatic carbocycles. The molecule has 2 fully saturated rings. The van der Waals surface area contributed by atoms with E-state index in [9.17, 15) is 9.59 Å². The number of hydrogen-bond donors (Lipinski definition) is 3. The number of likely N-dealkylation sites (tertiary alicyclic amines) is 1. The fraction of sp³-hybridized carbons (Fsp3) is 0.579. The van der Waals surface area contributed by atoms with E-state index in [1.807, 2.05) is 35.2 Å². The van der Waals surface area contributed by atoms with Crippen molar-refractivity contribution in [1.29, 1.82) is 0 Å². The number of rotatable bonds is 3. The van der Waals surface area contributed by atoms with Gasteiger partial charge in [0.25, 0.3) is 0 Å². The van der Waals surface area contributed by atoms with Gasteiger partial charge in [0, 0.05) is 24.8 Å². The van der Waals surface area contributed by atoms with E-state index < -0.39 is 5.54 Å². The van der Waals surface area contributed by atoms with Crippen LogP contribution in [0, 0.1) is 0 Å². The summed E-state index contributed by atoms with van der Waals surface area (Å²) in [5, 5.41) is 5.83. The van der Waals surface area contributed by atoms with Crippen molar-refractivity contribution >= 4 is 30.0 Å². The van der Waals surface area contributed by atoms with Gasteiger partial charge in [-0.15, -0.1) is 12.4 Å². The zero-order valence-corrected chi connectivity index (χ0v) is 15.9. The maximum atomic E-state index is 12.7. The summed E-state index contributed by atoms with van der Waals surface area (Å²) >= 11 is 0. The van der Waals surface area contributed by atoms with Gasteiger partial charge in [-0.05, 0) is 37.8 Å². The first-order chi connectivity index (χ1) is 12.1. The van der Waals surface area contributed by atoms with E-state index >= 15 is 0 Å². The lowest BCUT2D eigenvalue weighted by atomic mass is 9.81. The van der Waals surface area contributed by atoms with E-state index in [0.717, 1.165) is 44.2 Å². The summed E-state index contributed by atoms with van der Waals surface area (Å²) in [5.41, 5.74) is 6.47. The van der Waals surface area contributed by atoms with Crippen LogP contribution in [0.25, 0.3) is 0 Å². The van der Waals surface area contributed by atoms with Gasteiger partial charge in [0.05, 0.1) is 5.54 Å².